The number of rotatable bonds is 9. The van der Waals surface area contributed by atoms with Crippen molar-refractivity contribution in [2.45, 2.75) is 22.8 Å². The fourth-order valence-corrected chi connectivity index (χ4v) is 4.15. The molecule has 0 amide bonds. The number of halogens is 2. The van der Waals surface area contributed by atoms with Crippen LogP contribution in [0, 0.1) is 5.82 Å². The van der Waals surface area contributed by atoms with E-state index in [0.717, 1.165) is 29.2 Å². The second-order valence-corrected chi connectivity index (χ2v) is 9.76. The number of thioether (sulfide) groups is 1. The zero-order chi connectivity index (χ0) is 21.3. The number of sulfonamides is 1. The van der Waals surface area contributed by atoms with Crippen molar-refractivity contribution in [1.29, 1.82) is 0 Å². The molecule has 30 heavy (non-hydrogen) atoms. The Balaban J connectivity index is 0.00000450. The number of hydrogen-bond donors (Lipinski definition) is 2. The molecule has 0 radical (unpaired) electrons. The number of hydrogen-bond acceptors (Lipinski definition) is 4. The van der Waals surface area contributed by atoms with Crippen molar-refractivity contribution < 1.29 is 12.8 Å². The average molecular weight is 567 g/mol. The second kappa shape index (κ2) is 13.1. The molecule has 0 aliphatic heterocycles. The van der Waals surface area contributed by atoms with Crippen LogP contribution in [0.5, 0.6) is 0 Å². The lowest BCUT2D eigenvalue weighted by Gasteiger charge is -2.13. The van der Waals surface area contributed by atoms with Gasteiger partial charge in [0.2, 0.25) is 10.0 Å². The molecule has 6 nitrogen and oxygen atoms in total. The van der Waals surface area contributed by atoms with E-state index >= 15 is 0 Å². The molecule has 2 aromatic rings. The van der Waals surface area contributed by atoms with Crippen LogP contribution in [-0.2, 0) is 16.6 Å². The van der Waals surface area contributed by atoms with E-state index in [2.05, 4.69) is 15.6 Å². The molecular formula is C20H28FIN4O2S2. The van der Waals surface area contributed by atoms with Crippen LogP contribution in [0.3, 0.4) is 0 Å². The third-order valence-corrected chi connectivity index (χ3v) is 7.01. The molecule has 0 spiro atoms. The van der Waals surface area contributed by atoms with E-state index in [9.17, 15) is 12.8 Å². The van der Waals surface area contributed by atoms with Crippen LogP contribution in [0.4, 0.5) is 4.39 Å². The number of nitrogens with one attached hydrogen (secondary N) is 2. The molecule has 0 bridgehead atoms. The Bertz CT molecular complexity index is 905. The lowest BCUT2D eigenvalue weighted by molar-refractivity contribution is 0.520. The summed E-state index contributed by atoms with van der Waals surface area (Å²) < 4.78 is 38.3. The van der Waals surface area contributed by atoms with Gasteiger partial charge in [-0.25, -0.2) is 17.1 Å². The van der Waals surface area contributed by atoms with Crippen LogP contribution in [0.1, 0.15) is 12.0 Å². The lowest BCUT2D eigenvalue weighted by atomic mass is 10.2. The van der Waals surface area contributed by atoms with Crippen molar-refractivity contribution in [3.8, 4) is 0 Å². The van der Waals surface area contributed by atoms with Crippen molar-refractivity contribution >= 4 is 51.7 Å². The molecule has 0 heterocycles. The zero-order valence-corrected chi connectivity index (χ0v) is 21.2. The molecule has 2 aromatic carbocycles. The summed E-state index contributed by atoms with van der Waals surface area (Å²) in [7, 11) is 1.32. The van der Waals surface area contributed by atoms with E-state index in [4.69, 9.17) is 0 Å². The molecule has 0 saturated heterocycles. The van der Waals surface area contributed by atoms with Gasteiger partial charge in [-0.3, -0.25) is 4.99 Å². The highest BCUT2D eigenvalue weighted by atomic mass is 127. The molecular weight excluding hydrogens is 538 g/mol. The van der Waals surface area contributed by atoms with Gasteiger partial charge in [0.25, 0.3) is 0 Å². The van der Waals surface area contributed by atoms with Gasteiger partial charge in [0.15, 0.2) is 5.96 Å². The molecule has 166 valence electrons. The fourth-order valence-electron chi connectivity index (χ4n) is 2.40. The predicted molar refractivity (Wildman–Crippen MR) is 133 cm³/mol. The first-order chi connectivity index (χ1) is 13.8. The third kappa shape index (κ3) is 8.40. The van der Waals surface area contributed by atoms with Gasteiger partial charge in [0.05, 0.1) is 4.90 Å². The quantitative estimate of drug-likeness (QED) is 0.160. The summed E-state index contributed by atoms with van der Waals surface area (Å²) in [5, 5.41) is 6.46. The Labute approximate surface area is 199 Å². The van der Waals surface area contributed by atoms with Gasteiger partial charge in [-0.15, -0.1) is 35.7 Å². The van der Waals surface area contributed by atoms with Crippen molar-refractivity contribution in [2.24, 2.45) is 4.99 Å². The van der Waals surface area contributed by atoms with Crippen molar-refractivity contribution in [3.63, 3.8) is 0 Å². The highest BCUT2D eigenvalue weighted by Crippen LogP contribution is 2.18. The van der Waals surface area contributed by atoms with E-state index in [1.54, 1.807) is 55.2 Å². The topological polar surface area (TPSA) is 73.8 Å². The highest BCUT2D eigenvalue weighted by molar-refractivity contribution is 14.0. The maximum atomic E-state index is 12.9. The standard InChI is InChI=1S/C20H27FN4O2S2.HI/c1-22-20(23-13-4-14-28-18-9-7-17(21)8-10-18)24-15-16-5-11-19(12-6-16)29(26,27)25(2)3;/h5-12H,4,13-15H2,1-3H3,(H2,22,23,24);1H. The maximum absolute atomic E-state index is 12.9. The Hall–Kier alpha value is -1.37. The summed E-state index contributed by atoms with van der Waals surface area (Å²) in [6.07, 6.45) is 0.930. The summed E-state index contributed by atoms with van der Waals surface area (Å²) in [6, 6.07) is 13.3. The Morgan fingerprint density at radius 3 is 2.27 bits per heavy atom. The molecule has 0 unspecified atom stereocenters. The Morgan fingerprint density at radius 2 is 1.70 bits per heavy atom. The highest BCUT2D eigenvalue weighted by Gasteiger charge is 2.16. The number of aliphatic imine (C=N–C) groups is 1. The fraction of sp³-hybridized carbons (Fsp3) is 0.350. The second-order valence-electron chi connectivity index (χ2n) is 6.44. The van der Waals surface area contributed by atoms with Crippen molar-refractivity contribution in [2.75, 3.05) is 33.4 Å². The molecule has 0 atom stereocenters. The molecule has 2 rings (SSSR count). The van der Waals surface area contributed by atoms with E-state index < -0.39 is 10.0 Å². The largest absolute Gasteiger partial charge is 0.356 e. The minimum atomic E-state index is -3.41. The van der Waals surface area contributed by atoms with Crippen molar-refractivity contribution in [3.05, 3.63) is 59.9 Å². The van der Waals surface area contributed by atoms with Gasteiger partial charge in [0.1, 0.15) is 5.82 Å². The van der Waals surface area contributed by atoms with E-state index in [-0.39, 0.29) is 34.7 Å². The number of benzene rings is 2. The first-order valence-corrected chi connectivity index (χ1v) is 11.6. The molecule has 10 heteroatoms. The van der Waals surface area contributed by atoms with Crippen molar-refractivity contribution in [1.82, 2.24) is 14.9 Å². The summed E-state index contributed by atoms with van der Waals surface area (Å²) in [4.78, 5) is 5.51. The molecule has 0 aliphatic rings. The Morgan fingerprint density at radius 1 is 1.07 bits per heavy atom. The molecule has 0 saturated carbocycles. The minimum Gasteiger partial charge on any atom is -0.356 e. The Kier molecular flexibility index (Phi) is 11.7. The van der Waals surface area contributed by atoms with Gasteiger partial charge in [-0.2, -0.15) is 0 Å². The van der Waals surface area contributed by atoms with Crippen LogP contribution < -0.4 is 10.6 Å². The van der Waals surface area contributed by atoms with E-state index in [1.165, 1.54) is 30.5 Å². The van der Waals surface area contributed by atoms with Gasteiger partial charge >= 0.3 is 0 Å². The third-order valence-electron chi connectivity index (χ3n) is 4.08. The molecule has 0 aliphatic carbocycles. The lowest BCUT2D eigenvalue weighted by Crippen LogP contribution is -2.37. The maximum Gasteiger partial charge on any atom is 0.242 e. The minimum absolute atomic E-state index is 0. The van der Waals surface area contributed by atoms with Crippen LogP contribution in [0.2, 0.25) is 0 Å². The number of nitrogens with zero attached hydrogens (tertiary/aromatic N) is 2. The van der Waals surface area contributed by atoms with E-state index in [1.807, 2.05) is 0 Å². The first kappa shape index (κ1) is 26.7. The first-order valence-electron chi connectivity index (χ1n) is 9.17. The zero-order valence-electron chi connectivity index (χ0n) is 17.3. The normalized spacial score (nSPS) is 11.8. The SMILES string of the molecule is CN=C(NCCCSc1ccc(F)cc1)NCc1ccc(S(=O)(=O)N(C)C)cc1.I. The van der Waals surface area contributed by atoms with Crippen LogP contribution in [0.15, 0.2) is 63.3 Å². The smallest absolute Gasteiger partial charge is 0.242 e. The molecule has 0 fully saturated rings. The molecule has 2 N–H and O–H groups in total. The van der Waals surface area contributed by atoms with Gasteiger partial charge < -0.3 is 10.6 Å². The summed E-state index contributed by atoms with van der Waals surface area (Å²) in [6.45, 7) is 1.29. The average Bonchev–Trinajstić information content (AvgIpc) is 2.71. The summed E-state index contributed by atoms with van der Waals surface area (Å²) >= 11 is 1.68. The predicted octanol–water partition coefficient (Wildman–Crippen LogP) is 3.54. The van der Waals surface area contributed by atoms with Gasteiger partial charge in [0, 0.05) is 39.1 Å². The van der Waals surface area contributed by atoms with Gasteiger partial charge in [-0.05, 0) is 54.1 Å². The summed E-state index contributed by atoms with van der Waals surface area (Å²) in [5.41, 5.74) is 0.956. The monoisotopic (exact) mass is 566 g/mol. The van der Waals surface area contributed by atoms with E-state index in [0.29, 0.717) is 12.5 Å². The van der Waals surface area contributed by atoms with Crippen LogP contribution in [-0.4, -0.2) is 52.1 Å². The molecule has 0 aromatic heterocycles. The summed E-state index contributed by atoms with van der Waals surface area (Å²) in [5.74, 6) is 1.37. The number of guanidine groups is 1. The van der Waals surface area contributed by atoms with Crippen LogP contribution in [0.25, 0.3) is 0 Å². The van der Waals surface area contributed by atoms with Gasteiger partial charge in [-0.1, -0.05) is 12.1 Å². The van der Waals surface area contributed by atoms with Crippen LogP contribution >= 0.6 is 35.7 Å².